The molecule has 1 aliphatic rings. The maximum absolute atomic E-state index is 6.34. The molecule has 1 atom stereocenters. The van der Waals surface area contributed by atoms with Crippen molar-refractivity contribution in [1.29, 1.82) is 0 Å². The molecule has 4 heteroatoms. The summed E-state index contributed by atoms with van der Waals surface area (Å²) in [5, 5.41) is 4.15. The normalized spacial score (nSPS) is 16.3. The Morgan fingerprint density at radius 2 is 2.05 bits per heavy atom. The molecular weight excluding hydrogens is 286 g/mol. The third-order valence-electron chi connectivity index (χ3n) is 3.89. The molecule has 0 saturated carbocycles. The number of methoxy groups -OCH3 is 2. The fourth-order valence-corrected chi connectivity index (χ4v) is 3.19. The third-order valence-corrected chi connectivity index (χ3v) is 4.18. The van der Waals surface area contributed by atoms with Gasteiger partial charge in [0.05, 0.1) is 25.3 Å². The number of allylic oxidation sites excluding steroid dienone is 1. The van der Waals surface area contributed by atoms with Gasteiger partial charge in [-0.3, -0.25) is 0 Å². The van der Waals surface area contributed by atoms with E-state index in [-0.39, 0.29) is 6.04 Å². The SMILES string of the molecule is CCNC(C1=CCCCC1)c1cc(Cl)c(OC)c(OC)c1. The molecule has 1 unspecified atom stereocenters. The molecule has 0 aliphatic heterocycles. The van der Waals surface area contributed by atoms with Gasteiger partial charge in [0, 0.05) is 0 Å². The quantitative estimate of drug-likeness (QED) is 0.784. The van der Waals surface area contributed by atoms with E-state index in [0.717, 1.165) is 24.9 Å². The minimum Gasteiger partial charge on any atom is -0.493 e. The Hall–Kier alpha value is -1.19. The van der Waals surface area contributed by atoms with Crippen LogP contribution in [0.3, 0.4) is 0 Å². The van der Waals surface area contributed by atoms with E-state index in [4.69, 9.17) is 21.1 Å². The fraction of sp³-hybridized carbons (Fsp3) is 0.529. The molecule has 0 amide bonds. The number of hydrogen-bond donors (Lipinski definition) is 1. The highest BCUT2D eigenvalue weighted by atomic mass is 35.5. The van der Waals surface area contributed by atoms with Gasteiger partial charge in [-0.15, -0.1) is 0 Å². The van der Waals surface area contributed by atoms with E-state index < -0.39 is 0 Å². The number of benzene rings is 1. The fourth-order valence-electron chi connectivity index (χ4n) is 2.90. The molecule has 0 bridgehead atoms. The molecule has 1 N–H and O–H groups in total. The van der Waals surface area contributed by atoms with E-state index in [1.807, 2.05) is 12.1 Å². The topological polar surface area (TPSA) is 30.5 Å². The second-order valence-corrected chi connectivity index (χ2v) is 5.66. The summed E-state index contributed by atoms with van der Waals surface area (Å²) in [6.07, 6.45) is 7.22. The predicted octanol–water partition coefficient (Wildman–Crippen LogP) is 4.51. The standard InChI is InChI=1S/C17H24ClNO2/c1-4-19-16(12-8-6-5-7-9-12)13-10-14(18)17(21-3)15(11-13)20-2/h8,10-11,16,19H,4-7,9H2,1-3H3. The van der Waals surface area contributed by atoms with Gasteiger partial charge in [-0.2, -0.15) is 0 Å². The van der Waals surface area contributed by atoms with Crippen molar-refractivity contribution in [2.75, 3.05) is 20.8 Å². The third kappa shape index (κ3) is 3.72. The molecule has 116 valence electrons. The number of nitrogens with one attached hydrogen (secondary N) is 1. The van der Waals surface area contributed by atoms with Gasteiger partial charge in [0.1, 0.15) is 0 Å². The van der Waals surface area contributed by atoms with E-state index in [0.29, 0.717) is 16.5 Å². The number of rotatable bonds is 6. The summed E-state index contributed by atoms with van der Waals surface area (Å²) in [5.74, 6) is 1.27. The first-order valence-electron chi connectivity index (χ1n) is 7.55. The molecule has 1 aromatic rings. The summed E-state index contributed by atoms with van der Waals surface area (Å²) in [5.41, 5.74) is 2.58. The monoisotopic (exact) mass is 309 g/mol. The van der Waals surface area contributed by atoms with E-state index in [2.05, 4.69) is 18.3 Å². The lowest BCUT2D eigenvalue weighted by Gasteiger charge is -2.25. The molecule has 3 nitrogen and oxygen atoms in total. The van der Waals surface area contributed by atoms with Crippen LogP contribution in [0.5, 0.6) is 11.5 Å². The van der Waals surface area contributed by atoms with Crippen molar-refractivity contribution in [2.45, 2.75) is 38.6 Å². The average Bonchev–Trinajstić information content (AvgIpc) is 2.52. The van der Waals surface area contributed by atoms with Crippen molar-refractivity contribution in [1.82, 2.24) is 5.32 Å². The predicted molar refractivity (Wildman–Crippen MR) is 87.5 cm³/mol. The van der Waals surface area contributed by atoms with Crippen molar-refractivity contribution < 1.29 is 9.47 Å². The number of likely N-dealkylation sites (N-methyl/N-ethyl adjacent to an activating group) is 1. The smallest absolute Gasteiger partial charge is 0.179 e. The molecule has 1 aliphatic carbocycles. The molecule has 1 aromatic carbocycles. The van der Waals surface area contributed by atoms with Crippen molar-refractivity contribution in [3.05, 3.63) is 34.4 Å². The molecule has 0 radical (unpaired) electrons. The molecule has 0 saturated heterocycles. The average molecular weight is 310 g/mol. The summed E-state index contributed by atoms with van der Waals surface area (Å²) < 4.78 is 10.7. The first kappa shape index (κ1) is 16.2. The van der Waals surface area contributed by atoms with Crippen LogP contribution >= 0.6 is 11.6 Å². The Bertz CT molecular complexity index is 514. The highest BCUT2D eigenvalue weighted by Gasteiger charge is 2.21. The van der Waals surface area contributed by atoms with Crippen LogP contribution in [-0.4, -0.2) is 20.8 Å². The van der Waals surface area contributed by atoms with Crippen molar-refractivity contribution >= 4 is 11.6 Å². The lowest BCUT2D eigenvalue weighted by molar-refractivity contribution is 0.354. The zero-order valence-corrected chi connectivity index (χ0v) is 13.8. The molecule has 0 spiro atoms. The number of halogens is 1. The second kappa shape index (κ2) is 7.71. The van der Waals surface area contributed by atoms with Gasteiger partial charge in [-0.25, -0.2) is 0 Å². The van der Waals surface area contributed by atoms with Crippen LogP contribution in [0.25, 0.3) is 0 Å². The highest BCUT2D eigenvalue weighted by Crippen LogP contribution is 2.40. The summed E-state index contributed by atoms with van der Waals surface area (Å²) in [6.45, 7) is 3.03. The van der Waals surface area contributed by atoms with E-state index >= 15 is 0 Å². The number of hydrogen-bond acceptors (Lipinski definition) is 3. The zero-order chi connectivity index (χ0) is 15.2. The maximum Gasteiger partial charge on any atom is 0.179 e. The Kier molecular flexibility index (Phi) is 5.95. The minimum atomic E-state index is 0.201. The Labute approximate surface area is 132 Å². The summed E-state index contributed by atoms with van der Waals surface area (Å²) in [4.78, 5) is 0. The van der Waals surface area contributed by atoms with Crippen molar-refractivity contribution in [3.63, 3.8) is 0 Å². The van der Waals surface area contributed by atoms with Crippen LogP contribution in [0.4, 0.5) is 0 Å². The van der Waals surface area contributed by atoms with Gasteiger partial charge in [-0.05, 0) is 49.9 Å². The van der Waals surface area contributed by atoms with E-state index in [9.17, 15) is 0 Å². The Balaban J connectivity index is 2.40. The molecular formula is C17H24ClNO2. The largest absolute Gasteiger partial charge is 0.493 e. The summed E-state index contributed by atoms with van der Waals surface area (Å²) in [7, 11) is 3.24. The van der Waals surface area contributed by atoms with Crippen molar-refractivity contribution in [2.24, 2.45) is 0 Å². The summed E-state index contributed by atoms with van der Waals surface area (Å²) in [6, 6.07) is 4.20. The van der Waals surface area contributed by atoms with Crippen LogP contribution in [0, 0.1) is 0 Å². The second-order valence-electron chi connectivity index (χ2n) is 5.25. The summed E-state index contributed by atoms with van der Waals surface area (Å²) >= 11 is 6.34. The first-order valence-corrected chi connectivity index (χ1v) is 7.92. The zero-order valence-electron chi connectivity index (χ0n) is 13.0. The van der Waals surface area contributed by atoms with Crippen LogP contribution in [-0.2, 0) is 0 Å². The van der Waals surface area contributed by atoms with Crippen LogP contribution in [0.15, 0.2) is 23.8 Å². The lowest BCUT2D eigenvalue weighted by Crippen LogP contribution is -2.23. The highest BCUT2D eigenvalue weighted by molar-refractivity contribution is 6.32. The minimum absolute atomic E-state index is 0.201. The van der Waals surface area contributed by atoms with E-state index in [1.165, 1.54) is 18.4 Å². The molecule has 0 aromatic heterocycles. The van der Waals surface area contributed by atoms with Gasteiger partial charge >= 0.3 is 0 Å². The van der Waals surface area contributed by atoms with Gasteiger partial charge in [0.25, 0.3) is 0 Å². The van der Waals surface area contributed by atoms with Gasteiger partial charge in [0.2, 0.25) is 0 Å². The molecule has 0 fully saturated rings. The Morgan fingerprint density at radius 3 is 2.62 bits per heavy atom. The van der Waals surface area contributed by atoms with Gasteiger partial charge in [0.15, 0.2) is 11.5 Å². The van der Waals surface area contributed by atoms with Crippen LogP contribution < -0.4 is 14.8 Å². The first-order chi connectivity index (χ1) is 10.2. The van der Waals surface area contributed by atoms with Gasteiger partial charge < -0.3 is 14.8 Å². The Morgan fingerprint density at radius 1 is 1.24 bits per heavy atom. The lowest BCUT2D eigenvalue weighted by atomic mass is 9.89. The van der Waals surface area contributed by atoms with Crippen LogP contribution in [0.1, 0.15) is 44.2 Å². The van der Waals surface area contributed by atoms with Crippen LogP contribution in [0.2, 0.25) is 5.02 Å². The molecule has 2 rings (SSSR count). The molecule has 0 heterocycles. The van der Waals surface area contributed by atoms with Crippen molar-refractivity contribution in [3.8, 4) is 11.5 Å². The van der Waals surface area contributed by atoms with E-state index in [1.54, 1.807) is 14.2 Å². The number of ether oxygens (including phenoxy) is 2. The van der Waals surface area contributed by atoms with Gasteiger partial charge in [-0.1, -0.05) is 30.2 Å². The molecule has 21 heavy (non-hydrogen) atoms. The maximum atomic E-state index is 6.34.